The van der Waals surface area contributed by atoms with Crippen molar-refractivity contribution in [1.82, 2.24) is 30.2 Å². The van der Waals surface area contributed by atoms with Gasteiger partial charge in [-0.2, -0.15) is 5.10 Å². The Labute approximate surface area is 170 Å². The first-order chi connectivity index (χ1) is 14.0. The SMILES string of the molecule is COC(=O)NNc1nc2ccc(Sc3ccc(-n4nc(C)nc4C)cc3)cc2[nH]1. The van der Waals surface area contributed by atoms with Crippen molar-refractivity contribution in [3.63, 3.8) is 0 Å². The number of anilines is 1. The summed E-state index contributed by atoms with van der Waals surface area (Å²) in [6.45, 7) is 3.82. The van der Waals surface area contributed by atoms with Crippen LogP contribution in [0.3, 0.4) is 0 Å². The van der Waals surface area contributed by atoms with Crippen molar-refractivity contribution in [2.75, 3.05) is 12.5 Å². The van der Waals surface area contributed by atoms with Gasteiger partial charge in [-0.3, -0.25) is 5.43 Å². The number of carbonyl (C=O) groups excluding carboxylic acids is 1. The third kappa shape index (κ3) is 4.16. The van der Waals surface area contributed by atoms with E-state index >= 15 is 0 Å². The van der Waals surface area contributed by atoms with Crippen LogP contribution in [0.15, 0.2) is 52.3 Å². The summed E-state index contributed by atoms with van der Waals surface area (Å²) in [4.78, 5) is 25.1. The van der Waals surface area contributed by atoms with Crippen molar-refractivity contribution in [2.24, 2.45) is 0 Å². The Hall–Kier alpha value is -3.53. The normalized spacial score (nSPS) is 10.9. The number of H-pyrrole nitrogens is 1. The number of carbonyl (C=O) groups is 1. The molecular formula is C19H19N7O2S. The van der Waals surface area contributed by atoms with Gasteiger partial charge in [-0.15, -0.1) is 0 Å². The molecule has 10 heteroatoms. The van der Waals surface area contributed by atoms with Crippen LogP contribution >= 0.6 is 11.8 Å². The van der Waals surface area contributed by atoms with E-state index in [1.165, 1.54) is 7.11 Å². The van der Waals surface area contributed by atoms with Gasteiger partial charge in [0.2, 0.25) is 5.95 Å². The maximum Gasteiger partial charge on any atom is 0.425 e. The van der Waals surface area contributed by atoms with Crippen LogP contribution in [0.2, 0.25) is 0 Å². The largest absolute Gasteiger partial charge is 0.452 e. The molecule has 2 aromatic carbocycles. The summed E-state index contributed by atoms with van der Waals surface area (Å²) in [7, 11) is 1.29. The smallest absolute Gasteiger partial charge is 0.425 e. The molecule has 0 atom stereocenters. The van der Waals surface area contributed by atoms with Crippen LogP contribution in [0.25, 0.3) is 16.7 Å². The highest BCUT2D eigenvalue weighted by Crippen LogP contribution is 2.30. The van der Waals surface area contributed by atoms with Crippen molar-refractivity contribution in [3.05, 3.63) is 54.1 Å². The minimum Gasteiger partial charge on any atom is -0.452 e. The Bertz CT molecular complexity index is 1170. The summed E-state index contributed by atoms with van der Waals surface area (Å²) in [6.07, 6.45) is -0.596. The summed E-state index contributed by atoms with van der Waals surface area (Å²) in [5.41, 5.74) is 7.66. The molecule has 9 nitrogen and oxygen atoms in total. The summed E-state index contributed by atoms with van der Waals surface area (Å²) < 4.78 is 6.34. The van der Waals surface area contributed by atoms with E-state index in [1.807, 2.05) is 48.9 Å². The van der Waals surface area contributed by atoms with Crippen LogP contribution in [0.5, 0.6) is 0 Å². The van der Waals surface area contributed by atoms with Crippen molar-refractivity contribution in [1.29, 1.82) is 0 Å². The molecule has 2 aromatic heterocycles. The van der Waals surface area contributed by atoms with E-state index in [0.29, 0.717) is 5.95 Å². The number of aromatic nitrogens is 5. The summed E-state index contributed by atoms with van der Waals surface area (Å²) in [6, 6.07) is 14.1. The van der Waals surface area contributed by atoms with E-state index in [2.05, 4.69) is 47.8 Å². The molecule has 3 N–H and O–H groups in total. The molecule has 0 fully saturated rings. The first-order valence-electron chi connectivity index (χ1n) is 8.80. The number of benzene rings is 2. The second-order valence-corrected chi connectivity index (χ2v) is 7.37. The number of methoxy groups -OCH3 is 1. The average molecular weight is 409 g/mol. The lowest BCUT2D eigenvalue weighted by molar-refractivity contribution is 0.173. The molecule has 0 aliphatic heterocycles. The quantitative estimate of drug-likeness (QED) is 0.432. The van der Waals surface area contributed by atoms with Crippen molar-refractivity contribution in [3.8, 4) is 5.69 Å². The van der Waals surface area contributed by atoms with E-state index in [0.717, 1.165) is 38.2 Å². The zero-order valence-corrected chi connectivity index (χ0v) is 16.9. The lowest BCUT2D eigenvalue weighted by atomic mass is 10.3. The Morgan fingerprint density at radius 2 is 1.86 bits per heavy atom. The number of hydrogen-bond acceptors (Lipinski definition) is 7. The van der Waals surface area contributed by atoms with Gasteiger partial charge < -0.3 is 9.72 Å². The van der Waals surface area contributed by atoms with E-state index in [-0.39, 0.29) is 0 Å². The first kappa shape index (κ1) is 18.8. The van der Waals surface area contributed by atoms with E-state index in [9.17, 15) is 4.79 Å². The van der Waals surface area contributed by atoms with Gasteiger partial charge in [0.1, 0.15) is 11.6 Å². The van der Waals surface area contributed by atoms with Crippen molar-refractivity contribution < 1.29 is 9.53 Å². The number of fused-ring (bicyclic) bond motifs is 1. The molecule has 0 radical (unpaired) electrons. The number of nitrogens with zero attached hydrogens (tertiary/aromatic N) is 4. The zero-order chi connectivity index (χ0) is 20.4. The number of aryl methyl sites for hydroxylation is 2. The number of nitrogens with one attached hydrogen (secondary N) is 3. The number of ether oxygens (including phenoxy) is 1. The van der Waals surface area contributed by atoms with Crippen LogP contribution < -0.4 is 10.9 Å². The summed E-state index contributed by atoms with van der Waals surface area (Å²) in [5.74, 6) is 2.04. The standard InChI is InChI=1S/C19H19N7O2S/c1-11-20-12(2)26(25-11)13-4-6-14(7-5-13)29-15-8-9-16-17(10-15)22-18(21-16)23-24-19(27)28-3/h4-10H,1-3H3,(H,24,27)(H2,21,22,23). The molecule has 0 aliphatic rings. The van der Waals surface area contributed by atoms with Gasteiger partial charge in [0.05, 0.1) is 23.8 Å². The molecule has 2 heterocycles. The fourth-order valence-electron chi connectivity index (χ4n) is 2.83. The molecule has 0 saturated heterocycles. The summed E-state index contributed by atoms with van der Waals surface area (Å²) in [5, 5.41) is 4.41. The second-order valence-electron chi connectivity index (χ2n) is 6.22. The second kappa shape index (κ2) is 7.84. The maximum atomic E-state index is 11.1. The molecule has 4 aromatic rings. The Kier molecular flexibility index (Phi) is 5.09. The third-order valence-corrected chi connectivity index (χ3v) is 5.11. The van der Waals surface area contributed by atoms with Gasteiger partial charge in [-0.1, -0.05) is 11.8 Å². The van der Waals surface area contributed by atoms with E-state index < -0.39 is 6.09 Å². The first-order valence-corrected chi connectivity index (χ1v) is 9.62. The van der Waals surface area contributed by atoms with E-state index in [1.54, 1.807) is 11.8 Å². The molecule has 0 bridgehead atoms. The summed E-state index contributed by atoms with van der Waals surface area (Å²) >= 11 is 1.64. The van der Waals surface area contributed by atoms with Gasteiger partial charge in [-0.05, 0) is 56.3 Å². The predicted octanol–water partition coefficient (Wildman–Crippen LogP) is 3.59. The molecule has 148 valence electrons. The Morgan fingerprint density at radius 3 is 2.55 bits per heavy atom. The molecule has 0 unspecified atom stereocenters. The highest BCUT2D eigenvalue weighted by molar-refractivity contribution is 7.99. The van der Waals surface area contributed by atoms with Gasteiger partial charge in [0.15, 0.2) is 0 Å². The number of imidazole rings is 1. The third-order valence-electron chi connectivity index (χ3n) is 4.11. The highest BCUT2D eigenvalue weighted by Gasteiger charge is 2.08. The maximum absolute atomic E-state index is 11.1. The van der Waals surface area contributed by atoms with Crippen molar-refractivity contribution >= 4 is 34.8 Å². The molecule has 0 spiro atoms. The van der Waals surface area contributed by atoms with Gasteiger partial charge in [0, 0.05) is 9.79 Å². The fourth-order valence-corrected chi connectivity index (χ4v) is 3.69. The van der Waals surface area contributed by atoms with Crippen LogP contribution in [0.4, 0.5) is 10.7 Å². The number of hydrogen-bond donors (Lipinski definition) is 3. The Morgan fingerprint density at radius 1 is 1.10 bits per heavy atom. The highest BCUT2D eigenvalue weighted by atomic mass is 32.2. The van der Waals surface area contributed by atoms with Crippen LogP contribution in [-0.4, -0.2) is 37.9 Å². The monoisotopic (exact) mass is 409 g/mol. The average Bonchev–Trinajstić information content (AvgIpc) is 3.28. The molecule has 1 amide bonds. The molecule has 4 rings (SSSR count). The van der Waals surface area contributed by atoms with Gasteiger partial charge >= 0.3 is 6.09 Å². The topological polar surface area (TPSA) is 110 Å². The minimum absolute atomic E-state index is 0.426. The Balaban J connectivity index is 1.48. The van der Waals surface area contributed by atoms with E-state index in [4.69, 9.17) is 0 Å². The lowest BCUT2D eigenvalue weighted by Gasteiger charge is -2.05. The lowest BCUT2D eigenvalue weighted by Crippen LogP contribution is -2.29. The van der Waals surface area contributed by atoms with Crippen molar-refractivity contribution in [2.45, 2.75) is 23.6 Å². The fraction of sp³-hybridized carbons (Fsp3) is 0.158. The number of aromatic amines is 1. The molecular weight excluding hydrogens is 390 g/mol. The van der Waals surface area contributed by atoms with Crippen LogP contribution in [-0.2, 0) is 4.74 Å². The van der Waals surface area contributed by atoms with Crippen LogP contribution in [0, 0.1) is 13.8 Å². The van der Waals surface area contributed by atoms with Gasteiger partial charge in [0.25, 0.3) is 0 Å². The number of amides is 1. The van der Waals surface area contributed by atoms with Crippen LogP contribution in [0.1, 0.15) is 11.6 Å². The van der Waals surface area contributed by atoms with Gasteiger partial charge in [-0.25, -0.2) is 24.9 Å². The molecule has 0 aliphatic carbocycles. The minimum atomic E-state index is -0.596. The number of hydrazine groups is 1. The molecule has 29 heavy (non-hydrogen) atoms. The molecule has 0 saturated carbocycles. The zero-order valence-electron chi connectivity index (χ0n) is 16.1. The predicted molar refractivity (Wildman–Crippen MR) is 110 cm³/mol. The number of rotatable bonds is 5.